The van der Waals surface area contributed by atoms with Gasteiger partial charge in [-0.2, -0.15) is 0 Å². The molecule has 0 spiro atoms. The van der Waals surface area contributed by atoms with Crippen LogP contribution in [-0.2, 0) is 16.0 Å². The van der Waals surface area contributed by atoms with Crippen LogP contribution in [0.25, 0.3) is 11.1 Å². The van der Waals surface area contributed by atoms with Crippen LogP contribution >= 0.6 is 0 Å². The van der Waals surface area contributed by atoms with E-state index in [1.54, 1.807) is 7.11 Å². The summed E-state index contributed by atoms with van der Waals surface area (Å²) in [6.07, 6.45) is 2.25. The Labute approximate surface area is 187 Å². The summed E-state index contributed by atoms with van der Waals surface area (Å²) in [7, 11) is 3.09. The molecule has 0 amide bonds. The molecular formula is C27H26O5. The van der Waals surface area contributed by atoms with Crippen molar-refractivity contribution in [3.05, 3.63) is 77.4 Å². The highest BCUT2D eigenvalue weighted by Crippen LogP contribution is 2.43. The quantitative estimate of drug-likeness (QED) is 0.486. The summed E-state index contributed by atoms with van der Waals surface area (Å²) in [6.45, 7) is 0.491. The molecular weight excluding hydrogens is 404 g/mol. The van der Waals surface area contributed by atoms with E-state index >= 15 is 0 Å². The van der Waals surface area contributed by atoms with E-state index in [2.05, 4.69) is 30.3 Å². The second kappa shape index (κ2) is 8.58. The number of methoxy groups -OCH3 is 2. The molecule has 2 aliphatic rings. The maximum atomic E-state index is 11.6. The van der Waals surface area contributed by atoms with Crippen LogP contribution in [0.5, 0.6) is 17.2 Å². The molecule has 5 heteroatoms. The van der Waals surface area contributed by atoms with Crippen molar-refractivity contribution >= 4 is 5.97 Å². The first kappa shape index (κ1) is 20.4. The summed E-state index contributed by atoms with van der Waals surface area (Å²) in [5, 5.41) is 0. The summed E-state index contributed by atoms with van der Waals surface area (Å²) in [4.78, 5) is 11.6. The van der Waals surface area contributed by atoms with Gasteiger partial charge in [0.2, 0.25) is 0 Å². The second-order valence-electron chi connectivity index (χ2n) is 8.23. The Morgan fingerprint density at radius 2 is 1.81 bits per heavy atom. The van der Waals surface area contributed by atoms with Crippen molar-refractivity contribution < 1.29 is 23.7 Å². The number of hydrogen-bond acceptors (Lipinski definition) is 5. The Kier molecular flexibility index (Phi) is 5.48. The molecule has 1 aliphatic heterocycles. The van der Waals surface area contributed by atoms with Crippen molar-refractivity contribution in [2.75, 3.05) is 20.8 Å². The number of fused-ring (bicyclic) bond motifs is 2. The Bertz CT molecular complexity index is 1140. The Morgan fingerprint density at radius 3 is 2.59 bits per heavy atom. The number of benzene rings is 3. The average Bonchev–Trinajstić information content (AvgIpc) is 3.43. The Morgan fingerprint density at radius 1 is 1.00 bits per heavy atom. The molecule has 0 fully saturated rings. The van der Waals surface area contributed by atoms with Gasteiger partial charge in [0, 0.05) is 17.5 Å². The van der Waals surface area contributed by atoms with Crippen molar-refractivity contribution in [1.29, 1.82) is 0 Å². The third-order valence-corrected chi connectivity index (χ3v) is 6.40. The van der Waals surface area contributed by atoms with Crippen molar-refractivity contribution in [1.82, 2.24) is 0 Å². The van der Waals surface area contributed by atoms with Crippen LogP contribution in [0, 0.1) is 0 Å². The van der Waals surface area contributed by atoms with Crippen LogP contribution in [0.4, 0.5) is 0 Å². The standard InChI is InChI=1S/C27H26O5/c1-29-19-8-6-17(7-9-19)21-4-3-5-24-23(21)12-13-25(24)32-20-10-11-22-18(14-27(28)30-2)16-31-26(22)15-20/h3-11,15,18,25H,12-14,16H2,1-2H3/t18?,25-/m1/s1. The zero-order chi connectivity index (χ0) is 22.1. The van der Waals surface area contributed by atoms with Crippen LogP contribution < -0.4 is 14.2 Å². The van der Waals surface area contributed by atoms with E-state index in [4.69, 9.17) is 18.9 Å². The molecule has 0 N–H and O–H groups in total. The van der Waals surface area contributed by atoms with Crippen LogP contribution in [-0.4, -0.2) is 26.8 Å². The van der Waals surface area contributed by atoms with Crippen molar-refractivity contribution in [3.8, 4) is 28.4 Å². The van der Waals surface area contributed by atoms with Crippen molar-refractivity contribution in [2.45, 2.75) is 31.3 Å². The molecule has 0 radical (unpaired) electrons. The van der Waals surface area contributed by atoms with Crippen LogP contribution in [0.3, 0.4) is 0 Å². The Balaban J connectivity index is 1.35. The fourth-order valence-electron chi connectivity index (χ4n) is 4.73. The van der Waals surface area contributed by atoms with E-state index in [9.17, 15) is 4.79 Å². The van der Waals surface area contributed by atoms with Gasteiger partial charge in [-0.3, -0.25) is 4.79 Å². The van der Waals surface area contributed by atoms with E-state index < -0.39 is 0 Å². The SMILES string of the molecule is COC(=O)CC1COc2cc(O[C@@H]3CCc4c(-c5ccc(OC)cc5)cccc43)ccc21. The van der Waals surface area contributed by atoms with E-state index in [1.165, 1.54) is 29.4 Å². The number of ether oxygens (including phenoxy) is 4. The van der Waals surface area contributed by atoms with Crippen molar-refractivity contribution in [3.63, 3.8) is 0 Å². The number of carbonyl (C=O) groups is 1. The lowest BCUT2D eigenvalue weighted by atomic mass is 9.96. The van der Waals surface area contributed by atoms with Crippen LogP contribution in [0.2, 0.25) is 0 Å². The minimum Gasteiger partial charge on any atom is -0.497 e. The van der Waals surface area contributed by atoms with E-state index in [0.717, 1.165) is 35.7 Å². The monoisotopic (exact) mass is 430 g/mol. The van der Waals surface area contributed by atoms with Gasteiger partial charge in [-0.1, -0.05) is 36.4 Å². The number of hydrogen-bond donors (Lipinski definition) is 0. The van der Waals surface area contributed by atoms with Gasteiger partial charge in [-0.15, -0.1) is 0 Å². The molecule has 5 nitrogen and oxygen atoms in total. The van der Waals surface area contributed by atoms with Gasteiger partial charge >= 0.3 is 5.97 Å². The normalized spacial score (nSPS) is 18.4. The fourth-order valence-corrected chi connectivity index (χ4v) is 4.73. The van der Waals surface area contributed by atoms with Crippen LogP contribution in [0.15, 0.2) is 60.7 Å². The van der Waals surface area contributed by atoms with Crippen LogP contribution in [0.1, 0.15) is 41.6 Å². The largest absolute Gasteiger partial charge is 0.497 e. The Hall–Kier alpha value is -3.47. The summed E-state index contributed by atoms with van der Waals surface area (Å²) >= 11 is 0. The summed E-state index contributed by atoms with van der Waals surface area (Å²) in [5.74, 6) is 2.25. The van der Waals surface area contributed by atoms with Gasteiger partial charge in [-0.25, -0.2) is 0 Å². The summed E-state index contributed by atoms with van der Waals surface area (Å²) in [6, 6.07) is 20.6. The number of carbonyl (C=O) groups excluding carboxylic acids is 1. The van der Waals surface area contributed by atoms with E-state index in [1.807, 2.05) is 30.3 Å². The second-order valence-corrected chi connectivity index (χ2v) is 8.23. The maximum Gasteiger partial charge on any atom is 0.306 e. The highest BCUT2D eigenvalue weighted by molar-refractivity contribution is 5.71. The average molecular weight is 431 g/mol. The first-order chi connectivity index (χ1) is 15.7. The molecule has 1 aliphatic carbocycles. The molecule has 1 heterocycles. The van der Waals surface area contributed by atoms with Gasteiger partial charge < -0.3 is 18.9 Å². The molecule has 3 aromatic carbocycles. The molecule has 0 aromatic heterocycles. The minimum atomic E-state index is -0.220. The molecule has 0 bridgehead atoms. The lowest BCUT2D eigenvalue weighted by molar-refractivity contribution is -0.141. The summed E-state index contributed by atoms with van der Waals surface area (Å²) in [5.41, 5.74) is 6.06. The molecule has 164 valence electrons. The number of rotatable bonds is 6. The number of esters is 1. The van der Waals surface area contributed by atoms with E-state index in [-0.39, 0.29) is 18.0 Å². The minimum absolute atomic E-state index is 0.00789. The predicted octanol–water partition coefficient (Wildman–Crippen LogP) is 5.47. The van der Waals surface area contributed by atoms with Gasteiger partial charge in [0.25, 0.3) is 0 Å². The molecule has 32 heavy (non-hydrogen) atoms. The third kappa shape index (κ3) is 3.79. The molecule has 5 rings (SSSR count). The molecule has 1 unspecified atom stereocenters. The highest BCUT2D eigenvalue weighted by atomic mass is 16.5. The third-order valence-electron chi connectivity index (χ3n) is 6.40. The topological polar surface area (TPSA) is 54.0 Å². The fraction of sp³-hybridized carbons (Fsp3) is 0.296. The van der Waals surface area contributed by atoms with Gasteiger partial charge in [0.1, 0.15) is 23.4 Å². The van der Waals surface area contributed by atoms with Gasteiger partial charge in [0.15, 0.2) is 0 Å². The first-order valence-electron chi connectivity index (χ1n) is 10.9. The van der Waals surface area contributed by atoms with Crippen molar-refractivity contribution in [2.24, 2.45) is 0 Å². The molecule has 0 saturated heterocycles. The highest BCUT2D eigenvalue weighted by Gasteiger charge is 2.29. The predicted molar refractivity (Wildman–Crippen MR) is 121 cm³/mol. The zero-order valence-corrected chi connectivity index (χ0v) is 18.3. The molecule has 2 atom stereocenters. The molecule has 3 aromatic rings. The van der Waals surface area contributed by atoms with Gasteiger partial charge in [0.05, 0.1) is 27.2 Å². The first-order valence-corrected chi connectivity index (χ1v) is 10.9. The molecule has 0 saturated carbocycles. The lowest BCUT2D eigenvalue weighted by Gasteiger charge is -2.17. The van der Waals surface area contributed by atoms with Gasteiger partial charge in [-0.05, 0) is 53.3 Å². The maximum absolute atomic E-state index is 11.6. The zero-order valence-electron chi connectivity index (χ0n) is 18.3. The van der Waals surface area contributed by atoms with E-state index in [0.29, 0.717) is 13.0 Å². The lowest BCUT2D eigenvalue weighted by Crippen LogP contribution is -2.09. The smallest absolute Gasteiger partial charge is 0.306 e. The summed E-state index contributed by atoms with van der Waals surface area (Å²) < 4.78 is 22.3.